The van der Waals surface area contributed by atoms with Gasteiger partial charge >= 0.3 is 5.97 Å². The molecule has 2 heterocycles. The molecule has 0 amide bonds. The van der Waals surface area contributed by atoms with Gasteiger partial charge in [0.1, 0.15) is 6.33 Å². The number of aromatic nitrogens is 3. The number of nitrogens with zero attached hydrogens (tertiary/aromatic N) is 3. The summed E-state index contributed by atoms with van der Waals surface area (Å²) >= 11 is 0. The molecule has 0 bridgehead atoms. The van der Waals surface area contributed by atoms with Crippen molar-refractivity contribution in [2.24, 2.45) is 0 Å². The number of carbonyl (C=O) groups is 1. The minimum atomic E-state index is -0.925. The Bertz CT molecular complexity index is 393. The molecule has 0 radical (unpaired) electrons. The number of allylic oxidation sites excluding steroid dienone is 1. The van der Waals surface area contributed by atoms with E-state index in [1.165, 1.54) is 11.0 Å². The first-order valence-electron chi connectivity index (χ1n) is 3.76. The minimum Gasteiger partial charge on any atom is -0.478 e. The number of nitrogens with one attached hydrogen (secondary N) is 1. The second-order valence-electron chi connectivity index (χ2n) is 2.78. The van der Waals surface area contributed by atoms with Gasteiger partial charge < -0.3 is 10.4 Å². The molecule has 68 valence electrons. The fraction of sp³-hybridized carbons (Fsp3) is 0.286. The van der Waals surface area contributed by atoms with Crippen LogP contribution >= 0.6 is 0 Å². The zero-order valence-corrected chi connectivity index (χ0v) is 6.98. The molecular formula is C7H8N4O2. The van der Waals surface area contributed by atoms with Crippen molar-refractivity contribution in [2.45, 2.75) is 13.5 Å². The van der Waals surface area contributed by atoms with Gasteiger partial charge in [0.25, 0.3) is 0 Å². The predicted octanol–water partition coefficient (Wildman–Crippen LogP) is 0.0622. The highest BCUT2D eigenvalue weighted by atomic mass is 16.4. The molecule has 2 rings (SSSR count). The largest absolute Gasteiger partial charge is 0.478 e. The van der Waals surface area contributed by atoms with Gasteiger partial charge in [-0.05, 0) is 6.92 Å². The number of aliphatic carboxylic acids is 1. The van der Waals surface area contributed by atoms with Gasteiger partial charge in [0.2, 0.25) is 5.95 Å². The molecule has 0 atom stereocenters. The van der Waals surface area contributed by atoms with Crippen LogP contribution in [0, 0.1) is 0 Å². The van der Waals surface area contributed by atoms with E-state index in [2.05, 4.69) is 15.4 Å². The molecule has 0 saturated heterocycles. The first kappa shape index (κ1) is 7.78. The summed E-state index contributed by atoms with van der Waals surface area (Å²) in [7, 11) is 0. The predicted molar refractivity (Wildman–Crippen MR) is 44.0 cm³/mol. The third-order valence-corrected chi connectivity index (χ3v) is 1.93. The van der Waals surface area contributed by atoms with Crippen molar-refractivity contribution in [3.8, 4) is 0 Å². The zero-order chi connectivity index (χ0) is 9.42. The van der Waals surface area contributed by atoms with Crippen molar-refractivity contribution in [1.29, 1.82) is 0 Å². The van der Waals surface area contributed by atoms with Gasteiger partial charge in [-0.25, -0.2) is 9.48 Å². The zero-order valence-electron chi connectivity index (χ0n) is 6.98. The second kappa shape index (κ2) is 2.58. The van der Waals surface area contributed by atoms with Crippen molar-refractivity contribution < 1.29 is 9.90 Å². The van der Waals surface area contributed by atoms with Crippen LogP contribution in [0.3, 0.4) is 0 Å². The molecular weight excluding hydrogens is 172 g/mol. The van der Waals surface area contributed by atoms with E-state index in [0.29, 0.717) is 17.2 Å². The Kier molecular flexibility index (Phi) is 1.54. The average Bonchev–Trinajstić information content (AvgIpc) is 2.48. The molecule has 1 aromatic rings. The Morgan fingerprint density at radius 2 is 2.54 bits per heavy atom. The molecule has 1 aliphatic heterocycles. The Hall–Kier alpha value is -1.85. The van der Waals surface area contributed by atoms with Crippen LogP contribution in [0.5, 0.6) is 0 Å². The van der Waals surface area contributed by atoms with E-state index < -0.39 is 5.97 Å². The van der Waals surface area contributed by atoms with Crippen LogP contribution in [0.4, 0.5) is 5.95 Å². The molecule has 0 fully saturated rings. The van der Waals surface area contributed by atoms with Crippen molar-refractivity contribution in [3.63, 3.8) is 0 Å². The van der Waals surface area contributed by atoms with E-state index in [4.69, 9.17) is 5.11 Å². The summed E-state index contributed by atoms with van der Waals surface area (Å²) in [5.74, 6) is -0.339. The van der Waals surface area contributed by atoms with Gasteiger partial charge in [0.05, 0.1) is 12.1 Å². The lowest BCUT2D eigenvalue weighted by atomic mass is 10.2. The first-order chi connectivity index (χ1) is 6.18. The van der Waals surface area contributed by atoms with Crippen LogP contribution in [0.2, 0.25) is 0 Å². The standard InChI is InChI=1S/C7H8N4O2/c1-4-5(6(12)13)2-11-7(10-4)8-3-9-11/h3H,2H2,1H3,(H,12,13)(H,8,9,10). The molecule has 0 unspecified atom stereocenters. The van der Waals surface area contributed by atoms with Crippen LogP contribution in [-0.4, -0.2) is 25.8 Å². The molecule has 0 spiro atoms. The highest BCUT2D eigenvalue weighted by Crippen LogP contribution is 2.17. The summed E-state index contributed by atoms with van der Waals surface area (Å²) < 4.78 is 1.51. The van der Waals surface area contributed by atoms with Crippen LogP contribution in [0.25, 0.3) is 0 Å². The number of fused-ring (bicyclic) bond motifs is 1. The average molecular weight is 180 g/mol. The molecule has 2 N–H and O–H groups in total. The number of hydrogen-bond donors (Lipinski definition) is 2. The van der Waals surface area contributed by atoms with Crippen molar-refractivity contribution in [3.05, 3.63) is 17.6 Å². The Balaban J connectivity index is 2.39. The summed E-state index contributed by atoms with van der Waals surface area (Å²) in [5, 5.41) is 15.5. The lowest BCUT2D eigenvalue weighted by molar-refractivity contribution is -0.133. The molecule has 13 heavy (non-hydrogen) atoms. The van der Waals surface area contributed by atoms with Crippen molar-refractivity contribution in [1.82, 2.24) is 14.8 Å². The van der Waals surface area contributed by atoms with Crippen LogP contribution in [-0.2, 0) is 11.3 Å². The van der Waals surface area contributed by atoms with Crippen LogP contribution in [0.1, 0.15) is 6.92 Å². The summed E-state index contributed by atoms with van der Waals surface area (Å²) in [6.45, 7) is 1.98. The molecule has 1 aromatic heterocycles. The van der Waals surface area contributed by atoms with E-state index in [1.54, 1.807) is 6.92 Å². The lowest BCUT2D eigenvalue weighted by Crippen LogP contribution is -2.22. The van der Waals surface area contributed by atoms with Crippen LogP contribution < -0.4 is 5.32 Å². The molecule has 6 nitrogen and oxygen atoms in total. The number of anilines is 1. The summed E-state index contributed by atoms with van der Waals surface area (Å²) in [6, 6.07) is 0. The van der Waals surface area contributed by atoms with Gasteiger partial charge in [-0.3, -0.25) is 0 Å². The van der Waals surface area contributed by atoms with E-state index in [0.717, 1.165) is 0 Å². The number of hydrogen-bond acceptors (Lipinski definition) is 4. The Labute approximate surface area is 73.9 Å². The second-order valence-corrected chi connectivity index (χ2v) is 2.78. The van der Waals surface area contributed by atoms with E-state index in [-0.39, 0.29) is 6.54 Å². The number of carboxylic acids is 1. The monoisotopic (exact) mass is 180 g/mol. The Morgan fingerprint density at radius 3 is 3.23 bits per heavy atom. The van der Waals surface area contributed by atoms with Gasteiger partial charge in [-0.1, -0.05) is 0 Å². The molecule has 0 aliphatic carbocycles. The SMILES string of the molecule is CC1=C(C(=O)O)Cn2ncnc2N1. The molecule has 6 heteroatoms. The van der Waals surface area contributed by atoms with Gasteiger partial charge in [0.15, 0.2) is 0 Å². The Morgan fingerprint density at radius 1 is 1.77 bits per heavy atom. The summed E-state index contributed by atoms with van der Waals surface area (Å²) in [5.41, 5.74) is 0.936. The minimum absolute atomic E-state index is 0.267. The van der Waals surface area contributed by atoms with Gasteiger partial charge in [0, 0.05) is 5.70 Å². The van der Waals surface area contributed by atoms with Gasteiger partial charge in [-0.2, -0.15) is 10.1 Å². The lowest BCUT2D eigenvalue weighted by Gasteiger charge is -2.16. The maximum Gasteiger partial charge on any atom is 0.335 e. The maximum absolute atomic E-state index is 10.7. The summed E-state index contributed by atoms with van der Waals surface area (Å²) in [6.07, 6.45) is 1.39. The third-order valence-electron chi connectivity index (χ3n) is 1.93. The third kappa shape index (κ3) is 1.16. The van der Waals surface area contributed by atoms with E-state index in [9.17, 15) is 4.79 Å². The van der Waals surface area contributed by atoms with Crippen molar-refractivity contribution >= 4 is 11.9 Å². The molecule has 0 saturated carbocycles. The summed E-state index contributed by atoms with van der Waals surface area (Å²) in [4.78, 5) is 14.7. The highest BCUT2D eigenvalue weighted by Gasteiger charge is 2.20. The first-order valence-corrected chi connectivity index (χ1v) is 3.76. The quantitative estimate of drug-likeness (QED) is 0.638. The maximum atomic E-state index is 10.7. The highest BCUT2D eigenvalue weighted by molar-refractivity contribution is 5.88. The fourth-order valence-electron chi connectivity index (χ4n) is 1.22. The van der Waals surface area contributed by atoms with E-state index >= 15 is 0 Å². The normalized spacial score (nSPS) is 15.2. The fourth-order valence-corrected chi connectivity index (χ4v) is 1.22. The van der Waals surface area contributed by atoms with Crippen molar-refractivity contribution in [2.75, 3.05) is 5.32 Å². The van der Waals surface area contributed by atoms with E-state index in [1.807, 2.05) is 0 Å². The van der Waals surface area contributed by atoms with Gasteiger partial charge in [-0.15, -0.1) is 0 Å². The number of carboxylic acid groups (broad SMARTS) is 1. The smallest absolute Gasteiger partial charge is 0.335 e. The van der Waals surface area contributed by atoms with Crippen LogP contribution in [0.15, 0.2) is 17.6 Å². The molecule has 1 aliphatic rings. The molecule has 0 aromatic carbocycles. The topological polar surface area (TPSA) is 80.0 Å². The number of rotatable bonds is 1.